The predicted octanol–water partition coefficient (Wildman–Crippen LogP) is 2.23. The average Bonchev–Trinajstić information content (AvgIpc) is 2.76. The fourth-order valence-corrected chi connectivity index (χ4v) is 1.44. The Hall–Kier alpha value is -1.61. The molecule has 1 N–H and O–H groups in total. The molecule has 3 nitrogen and oxygen atoms in total. The Morgan fingerprint density at radius 1 is 1.33 bits per heavy atom. The van der Waals surface area contributed by atoms with Crippen LogP contribution in [0.3, 0.4) is 0 Å². The van der Waals surface area contributed by atoms with E-state index in [0.29, 0.717) is 0 Å². The summed E-state index contributed by atoms with van der Waals surface area (Å²) >= 11 is 0. The van der Waals surface area contributed by atoms with Gasteiger partial charge in [0.25, 0.3) is 0 Å². The molecule has 0 aliphatic rings. The number of aromatic nitrogens is 2. The van der Waals surface area contributed by atoms with Crippen molar-refractivity contribution in [3.8, 4) is 5.69 Å². The van der Waals surface area contributed by atoms with Crippen molar-refractivity contribution in [2.75, 3.05) is 6.54 Å². The van der Waals surface area contributed by atoms with E-state index >= 15 is 0 Å². The molecule has 1 aromatic carbocycles. The van der Waals surface area contributed by atoms with Gasteiger partial charge in [0.2, 0.25) is 0 Å². The molecule has 1 aromatic heterocycles. The van der Waals surface area contributed by atoms with Gasteiger partial charge in [-0.1, -0.05) is 25.1 Å². The van der Waals surface area contributed by atoms with Crippen LogP contribution in [0.15, 0.2) is 42.7 Å². The second kappa shape index (κ2) is 4.75. The van der Waals surface area contributed by atoms with E-state index in [2.05, 4.69) is 23.5 Å². The van der Waals surface area contributed by atoms with Gasteiger partial charge in [0.15, 0.2) is 0 Å². The lowest BCUT2D eigenvalue weighted by atomic mass is 10.3. The smallest absolute Gasteiger partial charge is 0.0645 e. The van der Waals surface area contributed by atoms with Gasteiger partial charge >= 0.3 is 0 Å². The van der Waals surface area contributed by atoms with E-state index in [0.717, 1.165) is 18.8 Å². The first-order chi connectivity index (χ1) is 7.40. The molecule has 0 unspecified atom stereocenters. The first-order valence-corrected chi connectivity index (χ1v) is 5.20. The summed E-state index contributed by atoms with van der Waals surface area (Å²) in [6.07, 6.45) is 3.95. The Labute approximate surface area is 91.2 Å². The van der Waals surface area contributed by atoms with Gasteiger partial charge in [-0.05, 0) is 18.7 Å². The summed E-state index contributed by atoms with van der Waals surface area (Å²) in [5, 5.41) is 7.59. The average molecular weight is 203 g/mol. The summed E-state index contributed by atoms with van der Waals surface area (Å²) < 4.78 is 1.90. The van der Waals surface area contributed by atoms with Crippen molar-refractivity contribution in [2.45, 2.75) is 13.5 Å². The van der Waals surface area contributed by atoms with Crippen molar-refractivity contribution in [3.05, 3.63) is 48.3 Å². The zero-order valence-corrected chi connectivity index (χ0v) is 8.85. The summed E-state index contributed by atoms with van der Waals surface area (Å²) in [7, 11) is 0. The first kappa shape index (κ1) is 9.93. The van der Waals surface area contributed by atoms with Gasteiger partial charge in [0, 0.05) is 19.7 Å². The second-order valence-corrected chi connectivity index (χ2v) is 3.41. The highest BCUT2D eigenvalue weighted by Gasteiger charge is 1.98. The maximum Gasteiger partial charge on any atom is 0.0645 e. The summed E-state index contributed by atoms with van der Waals surface area (Å²) in [5.41, 5.74) is 2.31. The molecule has 0 aliphatic heterocycles. The lowest BCUT2D eigenvalue weighted by Crippen LogP contribution is -2.10. The summed E-state index contributed by atoms with van der Waals surface area (Å²) in [6.45, 7) is 3.96. The minimum Gasteiger partial charge on any atom is -0.313 e. The summed E-state index contributed by atoms with van der Waals surface area (Å²) in [6, 6.07) is 10.1. The Morgan fingerprint density at radius 2 is 2.13 bits per heavy atom. The molecule has 0 amide bonds. The zero-order valence-electron chi connectivity index (χ0n) is 8.85. The highest BCUT2D eigenvalue weighted by atomic mass is 15.3. The minimum absolute atomic E-state index is 0. The molecule has 0 saturated heterocycles. The molecule has 0 atom stereocenters. The number of nitrogens with one attached hydrogen (secondary N) is 1. The lowest BCUT2D eigenvalue weighted by Gasteiger charge is -1.99. The van der Waals surface area contributed by atoms with Crippen molar-refractivity contribution in [1.29, 1.82) is 0 Å². The van der Waals surface area contributed by atoms with Crippen LogP contribution in [0.2, 0.25) is 0 Å². The quantitative estimate of drug-likeness (QED) is 0.825. The van der Waals surface area contributed by atoms with Crippen molar-refractivity contribution in [1.82, 2.24) is 15.1 Å². The Morgan fingerprint density at radius 3 is 2.87 bits per heavy atom. The molecule has 0 saturated carbocycles. The van der Waals surface area contributed by atoms with Crippen LogP contribution in [-0.4, -0.2) is 16.3 Å². The monoisotopic (exact) mass is 203 g/mol. The Kier molecular flexibility index (Phi) is 3.15. The van der Waals surface area contributed by atoms with Crippen LogP contribution in [0.25, 0.3) is 5.69 Å². The third kappa shape index (κ3) is 2.44. The van der Waals surface area contributed by atoms with E-state index in [1.807, 2.05) is 41.2 Å². The molecular weight excluding hydrogens is 186 g/mol. The highest BCUT2D eigenvalue weighted by Crippen LogP contribution is 2.07. The van der Waals surface area contributed by atoms with Crippen LogP contribution < -0.4 is 5.32 Å². The number of benzene rings is 1. The minimum atomic E-state index is 0. The van der Waals surface area contributed by atoms with Crippen LogP contribution in [0.4, 0.5) is 0 Å². The standard InChI is InChI=1S/C12H15N3.H2/c1-2-13-8-11-9-14-15(10-11)12-6-4-3-5-7-12;/h3-7,9-10,13H,2,8H2,1H3;1H. The molecule has 2 aromatic rings. The van der Waals surface area contributed by atoms with Gasteiger partial charge in [0.05, 0.1) is 11.9 Å². The van der Waals surface area contributed by atoms with Crippen molar-refractivity contribution in [3.63, 3.8) is 0 Å². The molecule has 1 heterocycles. The summed E-state index contributed by atoms with van der Waals surface area (Å²) in [5.74, 6) is 0. The van der Waals surface area contributed by atoms with E-state index in [1.165, 1.54) is 5.56 Å². The van der Waals surface area contributed by atoms with Crippen LogP contribution in [0, 0.1) is 0 Å². The van der Waals surface area contributed by atoms with E-state index in [-0.39, 0.29) is 1.43 Å². The molecule has 0 radical (unpaired) electrons. The molecule has 3 heteroatoms. The second-order valence-electron chi connectivity index (χ2n) is 3.41. The number of hydrogen-bond acceptors (Lipinski definition) is 2. The lowest BCUT2D eigenvalue weighted by molar-refractivity contribution is 0.726. The van der Waals surface area contributed by atoms with Crippen LogP contribution in [0.5, 0.6) is 0 Å². The van der Waals surface area contributed by atoms with Gasteiger partial charge in [-0.2, -0.15) is 5.10 Å². The number of nitrogens with zero attached hydrogens (tertiary/aromatic N) is 2. The van der Waals surface area contributed by atoms with Crippen LogP contribution in [0.1, 0.15) is 13.9 Å². The molecule has 0 bridgehead atoms. The molecule has 2 rings (SSSR count). The van der Waals surface area contributed by atoms with Crippen molar-refractivity contribution >= 4 is 0 Å². The van der Waals surface area contributed by atoms with Gasteiger partial charge in [-0.25, -0.2) is 4.68 Å². The predicted molar refractivity (Wildman–Crippen MR) is 63.1 cm³/mol. The number of rotatable bonds is 4. The van der Waals surface area contributed by atoms with Gasteiger partial charge in [-0.15, -0.1) is 0 Å². The zero-order chi connectivity index (χ0) is 10.5. The van der Waals surface area contributed by atoms with E-state index < -0.39 is 0 Å². The SMILES string of the molecule is CCNCc1cnn(-c2ccccc2)c1.[HH]. The molecule has 0 aliphatic carbocycles. The molecule has 15 heavy (non-hydrogen) atoms. The molecular formula is C12H17N3. The van der Waals surface area contributed by atoms with Gasteiger partial charge < -0.3 is 5.32 Å². The maximum absolute atomic E-state index is 4.32. The van der Waals surface area contributed by atoms with Crippen molar-refractivity contribution < 1.29 is 1.43 Å². The first-order valence-electron chi connectivity index (χ1n) is 5.20. The summed E-state index contributed by atoms with van der Waals surface area (Å²) in [4.78, 5) is 0. The fraction of sp³-hybridized carbons (Fsp3) is 0.250. The van der Waals surface area contributed by atoms with Gasteiger partial charge in [0.1, 0.15) is 0 Å². The van der Waals surface area contributed by atoms with E-state index in [4.69, 9.17) is 0 Å². The Bertz CT molecular complexity index is 411. The maximum atomic E-state index is 4.32. The fourth-order valence-electron chi connectivity index (χ4n) is 1.44. The normalized spacial score (nSPS) is 10.5. The number of hydrogen-bond donors (Lipinski definition) is 1. The topological polar surface area (TPSA) is 29.9 Å². The third-order valence-corrected chi connectivity index (χ3v) is 2.24. The van der Waals surface area contributed by atoms with E-state index in [9.17, 15) is 0 Å². The van der Waals surface area contributed by atoms with Gasteiger partial charge in [-0.3, -0.25) is 0 Å². The Balaban J connectivity index is 0.00000128. The number of para-hydroxylation sites is 1. The van der Waals surface area contributed by atoms with Crippen LogP contribution >= 0.6 is 0 Å². The highest BCUT2D eigenvalue weighted by molar-refractivity contribution is 5.30. The van der Waals surface area contributed by atoms with E-state index in [1.54, 1.807) is 0 Å². The molecule has 0 fully saturated rings. The largest absolute Gasteiger partial charge is 0.313 e. The van der Waals surface area contributed by atoms with Crippen molar-refractivity contribution in [2.24, 2.45) is 0 Å². The molecule has 80 valence electrons. The van der Waals surface area contributed by atoms with Crippen LogP contribution in [-0.2, 0) is 6.54 Å². The molecule has 0 spiro atoms. The third-order valence-electron chi connectivity index (χ3n) is 2.24.